The van der Waals surface area contributed by atoms with Gasteiger partial charge in [0.15, 0.2) is 0 Å². The molecule has 160 valence electrons. The first kappa shape index (κ1) is 18.8. The number of hydrogen-bond donors (Lipinski definition) is 2. The van der Waals surface area contributed by atoms with E-state index >= 15 is 0 Å². The van der Waals surface area contributed by atoms with Gasteiger partial charge in [0.25, 0.3) is 11.8 Å². The summed E-state index contributed by atoms with van der Waals surface area (Å²) in [5, 5.41) is 12.4. The van der Waals surface area contributed by atoms with Crippen LogP contribution in [0, 0.1) is 0 Å². The Hall–Kier alpha value is -4.70. The Labute approximate surface area is 195 Å². The van der Waals surface area contributed by atoms with Crippen molar-refractivity contribution in [3.05, 3.63) is 119 Å². The standard InChI is InChI=1S/C30H18N2O2/c33-29-25-26(30(34)31-27(25)23-15-7-10-17-8-1-3-11-19(17)23)28(32-29)24-16-18-9-2-4-12-20(18)21-13-5-6-14-22(21)24/h1-16H,(H,31,34)(H,32,33). The highest BCUT2D eigenvalue weighted by Gasteiger charge is 2.41. The SMILES string of the molecule is O=C1NC(c2cc3ccccc3c3ccccc23)=C2C(=O)NC(c3cccc4ccccc34)=C12. The molecular formula is C30H18N2O2. The van der Waals surface area contributed by atoms with Gasteiger partial charge in [-0.05, 0) is 38.4 Å². The van der Waals surface area contributed by atoms with Gasteiger partial charge in [-0.1, -0.05) is 91.0 Å². The fraction of sp³-hybridized carbons (Fsp3) is 0. The first-order valence-corrected chi connectivity index (χ1v) is 11.2. The van der Waals surface area contributed by atoms with Gasteiger partial charge < -0.3 is 10.6 Å². The van der Waals surface area contributed by atoms with Crippen LogP contribution in [-0.4, -0.2) is 11.8 Å². The van der Waals surface area contributed by atoms with Gasteiger partial charge in [-0.3, -0.25) is 9.59 Å². The smallest absolute Gasteiger partial charge is 0.258 e. The summed E-state index contributed by atoms with van der Waals surface area (Å²) in [5.74, 6) is -0.521. The Morgan fingerprint density at radius 2 is 0.971 bits per heavy atom. The zero-order chi connectivity index (χ0) is 22.8. The van der Waals surface area contributed by atoms with Crippen molar-refractivity contribution in [3.63, 3.8) is 0 Å². The summed E-state index contributed by atoms with van der Waals surface area (Å²) in [6.07, 6.45) is 0. The maximum atomic E-state index is 13.3. The Bertz CT molecular complexity index is 1790. The number of carbonyl (C=O) groups excluding carboxylic acids is 2. The van der Waals surface area contributed by atoms with Crippen molar-refractivity contribution >= 4 is 55.5 Å². The average Bonchev–Trinajstić information content (AvgIpc) is 3.41. The number of carbonyl (C=O) groups is 2. The van der Waals surface area contributed by atoms with Crippen LogP contribution in [0.25, 0.3) is 43.7 Å². The van der Waals surface area contributed by atoms with Crippen molar-refractivity contribution in [2.24, 2.45) is 0 Å². The molecule has 0 spiro atoms. The molecule has 2 aliphatic heterocycles. The van der Waals surface area contributed by atoms with Crippen molar-refractivity contribution in [3.8, 4) is 0 Å². The number of fused-ring (bicyclic) bond motifs is 5. The number of rotatable bonds is 2. The highest BCUT2D eigenvalue weighted by atomic mass is 16.2. The lowest BCUT2D eigenvalue weighted by molar-refractivity contribution is -0.117. The zero-order valence-corrected chi connectivity index (χ0v) is 18.1. The molecule has 0 bridgehead atoms. The first-order chi connectivity index (χ1) is 16.7. The Kier molecular flexibility index (Phi) is 3.82. The molecule has 5 aromatic carbocycles. The molecular weight excluding hydrogens is 420 g/mol. The van der Waals surface area contributed by atoms with Crippen molar-refractivity contribution in [2.75, 3.05) is 0 Å². The van der Waals surface area contributed by atoms with Gasteiger partial charge in [0, 0.05) is 11.1 Å². The molecule has 4 heteroatoms. The fourth-order valence-corrected chi connectivity index (χ4v) is 5.29. The summed E-state index contributed by atoms with van der Waals surface area (Å²) in [6.45, 7) is 0. The molecule has 2 aliphatic rings. The zero-order valence-electron chi connectivity index (χ0n) is 18.1. The summed E-state index contributed by atoms with van der Waals surface area (Å²) >= 11 is 0. The normalized spacial score (nSPS) is 15.4. The predicted molar refractivity (Wildman–Crippen MR) is 136 cm³/mol. The van der Waals surface area contributed by atoms with Crippen LogP contribution in [0.4, 0.5) is 0 Å². The van der Waals surface area contributed by atoms with E-state index in [1.54, 1.807) is 0 Å². The van der Waals surface area contributed by atoms with Gasteiger partial charge in [0.2, 0.25) is 0 Å². The van der Waals surface area contributed by atoms with Gasteiger partial charge >= 0.3 is 0 Å². The van der Waals surface area contributed by atoms with Crippen LogP contribution in [-0.2, 0) is 9.59 Å². The van der Waals surface area contributed by atoms with E-state index in [4.69, 9.17) is 0 Å². The van der Waals surface area contributed by atoms with E-state index < -0.39 is 0 Å². The molecule has 0 radical (unpaired) electrons. The largest absolute Gasteiger partial charge is 0.321 e. The predicted octanol–water partition coefficient (Wildman–Crippen LogP) is 5.53. The summed E-state index contributed by atoms with van der Waals surface area (Å²) in [5.41, 5.74) is 3.64. The van der Waals surface area contributed by atoms with E-state index in [2.05, 4.69) is 34.9 Å². The molecule has 0 aliphatic carbocycles. The minimum Gasteiger partial charge on any atom is -0.321 e. The molecule has 2 amide bonds. The quantitative estimate of drug-likeness (QED) is 0.356. The van der Waals surface area contributed by atoms with Crippen LogP contribution in [0.1, 0.15) is 11.1 Å². The molecule has 4 nitrogen and oxygen atoms in total. The number of amides is 2. The molecule has 0 unspecified atom stereocenters. The molecule has 5 aromatic rings. The minimum absolute atomic E-state index is 0.261. The topological polar surface area (TPSA) is 58.2 Å². The van der Waals surface area contributed by atoms with Crippen LogP contribution in [0.2, 0.25) is 0 Å². The third-order valence-corrected chi connectivity index (χ3v) is 6.78. The van der Waals surface area contributed by atoms with Gasteiger partial charge in [0.05, 0.1) is 22.5 Å². The lowest BCUT2D eigenvalue weighted by atomic mass is 9.93. The highest BCUT2D eigenvalue weighted by molar-refractivity contribution is 6.32. The van der Waals surface area contributed by atoms with E-state index in [0.29, 0.717) is 22.5 Å². The van der Waals surface area contributed by atoms with E-state index in [-0.39, 0.29) is 11.8 Å². The third-order valence-electron chi connectivity index (χ3n) is 6.78. The molecule has 0 saturated carbocycles. The number of hydrogen-bond acceptors (Lipinski definition) is 2. The van der Waals surface area contributed by atoms with Crippen molar-refractivity contribution in [2.45, 2.75) is 0 Å². The van der Waals surface area contributed by atoms with E-state index in [1.807, 2.05) is 72.8 Å². The number of nitrogens with one attached hydrogen (secondary N) is 2. The molecule has 0 atom stereocenters. The molecule has 34 heavy (non-hydrogen) atoms. The second-order valence-corrected chi connectivity index (χ2v) is 8.63. The van der Waals surface area contributed by atoms with Crippen LogP contribution < -0.4 is 10.6 Å². The Morgan fingerprint density at radius 1 is 0.441 bits per heavy atom. The second-order valence-electron chi connectivity index (χ2n) is 8.63. The first-order valence-electron chi connectivity index (χ1n) is 11.2. The molecule has 0 fully saturated rings. The lowest BCUT2D eigenvalue weighted by Crippen LogP contribution is -2.21. The monoisotopic (exact) mass is 438 g/mol. The maximum absolute atomic E-state index is 13.3. The Morgan fingerprint density at radius 3 is 1.71 bits per heavy atom. The Balaban J connectivity index is 1.53. The number of benzene rings is 5. The van der Waals surface area contributed by atoms with E-state index in [0.717, 1.165) is 43.4 Å². The van der Waals surface area contributed by atoms with Crippen LogP contribution >= 0.6 is 0 Å². The third kappa shape index (κ3) is 2.54. The van der Waals surface area contributed by atoms with Gasteiger partial charge in [0.1, 0.15) is 0 Å². The summed E-state index contributed by atoms with van der Waals surface area (Å²) < 4.78 is 0. The van der Waals surface area contributed by atoms with E-state index in [9.17, 15) is 9.59 Å². The molecule has 0 aromatic heterocycles. The lowest BCUT2D eigenvalue weighted by Gasteiger charge is -2.13. The second kappa shape index (κ2) is 6.90. The van der Waals surface area contributed by atoms with Crippen molar-refractivity contribution in [1.29, 1.82) is 0 Å². The van der Waals surface area contributed by atoms with E-state index in [1.165, 1.54) is 0 Å². The van der Waals surface area contributed by atoms with Gasteiger partial charge in [-0.2, -0.15) is 0 Å². The van der Waals surface area contributed by atoms with Gasteiger partial charge in [-0.15, -0.1) is 0 Å². The molecule has 0 saturated heterocycles. The molecule has 2 N–H and O–H groups in total. The van der Waals surface area contributed by atoms with Gasteiger partial charge in [-0.25, -0.2) is 0 Å². The summed E-state index contributed by atoms with van der Waals surface area (Å²) in [6, 6.07) is 32.3. The van der Waals surface area contributed by atoms with Crippen LogP contribution in [0.5, 0.6) is 0 Å². The van der Waals surface area contributed by atoms with Crippen molar-refractivity contribution < 1.29 is 9.59 Å². The van der Waals surface area contributed by atoms with Crippen LogP contribution in [0.3, 0.4) is 0 Å². The van der Waals surface area contributed by atoms with Crippen LogP contribution in [0.15, 0.2) is 108 Å². The maximum Gasteiger partial charge on any atom is 0.258 e. The average molecular weight is 438 g/mol. The highest BCUT2D eigenvalue weighted by Crippen LogP contribution is 2.41. The van der Waals surface area contributed by atoms with Crippen molar-refractivity contribution in [1.82, 2.24) is 10.6 Å². The molecule has 2 heterocycles. The fourth-order valence-electron chi connectivity index (χ4n) is 5.29. The summed E-state index contributed by atoms with van der Waals surface area (Å²) in [4.78, 5) is 26.6. The minimum atomic E-state index is -0.261. The summed E-state index contributed by atoms with van der Waals surface area (Å²) in [7, 11) is 0. The molecule has 7 rings (SSSR count).